The highest BCUT2D eigenvalue weighted by atomic mass is 32.2. The summed E-state index contributed by atoms with van der Waals surface area (Å²) in [5.74, 6) is -0.166. The predicted molar refractivity (Wildman–Crippen MR) is 97.7 cm³/mol. The zero-order chi connectivity index (χ0) is 18.0. The van der Waals surface area contributed by atoms with Crippen molar-refractivity contribution in [3.63, 3.8) is 0 Å². The zero-order valence-corrected chi connectivity index (χ0v) is 15.5. The first-order valence-corrected chi connectivity index (χ1v) is 10.1. The van der Waals surface area contributed by atoms with Crippen molar-refractivity contribution >= 4 is 10.0 Å². The lowest BCUT2D eigenvalue weighted by Gasteiger charge is -2.25. The molecule has 1 unspecified atom stereocenters. The van der Waals surface area contributed by atoms with Gasteiger partial charge in [0.2, 0.25) is 10.0 Å². The third kappa shape index (κ3) is 3.93. The highest BCUT2D eigenvalue weighted by Crippen LogP contribution is 2.30. The van der Waals surface area contributed by atoms with Crippen LogP contribution in [0.2, 0.25) is 0 Å². The largest absolute Gasteiger partial charge is 0.243 e. The van der Waals surface area contributed by atoms with E-state index >= 15 is 0 Å². The molecule has 0 amide bonds. The molecule has 3 rings (SSSR count). The number of sulfonamides is 1. The number of halogens is 1. The molecule has 0 saturated carbocycles. The maximum Gasteiger partial charge on any atom is 0.243 e. The minimum atomic E-state index is -3.53. The normalized spacial score (nSPS) is 19.6. The van der Waals surface area contributed by atoms with Crippen LogP contribution in [0.3, 0.4) is 0 Å². The van der Waals surface area contributed by atoms with E-state index in [1.807, 2.05) is 26.0 Å². The van der Waals surface area contributed by atoms with Gasteiger partial charge in [0.15, 0.2) is 0 Å². The highest BCUT2D eigenvalue weighted by molar-refractivity contribution is 7.89. The first kappa shape index (κ1) is 18.1. The standard InChI is InChI=1S/C20H24FNO2S/c1-15-6-7-16(2)20(13-15)25(23,24)22-12-4-3-5-18(14-22)17-8-10-19(21)11-9-17/h6-11,13,18H,3-5,12,14H2,1-2H3. The second-order valence-corrected chi connectivity index (χ2v) is 8.78. The van der Waals surface area contributed by atoms with Gasteiger partial charge in [0.1, 0.15) is 5.82 Å². The summed E-state index contributed by atoms with van der Waals surface area (Å²) >= 11 is 0. The van der Waals surface area contributed by atoms with Gasteiger partial charge in [-0.25, -0.2) is 12.8 Å². The van der Waals surface area contributed by atoms with Crippen molar-refractivity contribution < 1.29 is 12.8 Å². The molecule has 1 fully saturated rings. The van der Waals surface area contributed by atoms with Gasteiger partial charge >= 0.3 is 0 Å². The van der Waals surface area contributed by atoms with Gasteiger partial charge in [-0.05, 0) is 67.5 Å². The smallest absolute Gasteiger partial charge is 0.207 e. The van der Waals surface area contributed by atoms with E-state index in [-0.39, 0.29) is 11.7 Å². The second kappa shape index (κ2) is 7.26. The Labute approximate surface area is 149 Å². The number of benzene rings is 2. The Balaban J connectivity index is 1.92. The van der Waals surface area contributed by atoms with Gasteiger partial charge < -0.3 is 0 Å². The van der Waals surface area contributed by atoms with E-state index in [1.54, 1.807) is 22.5 Å². The minimum absolute atomic E-state index is 0.1000. The molecule has 25 heavy (non-hydrogen) atoms. The van der Waals surface area contributed by atoms with Crippen LogP contribution in [0.4, 0.5) is 4.39 Å². The fraction of sp³-hybridized carbons (Fsp3) is 0.400. The second-order valence-electron chi connectivity index (χ2n) is 6.88. The average Bonchev–Trinajstić information content (AvgIpc) is 2.84. The predicted octanol–water partition coefficient (Wildman–Crippen LogP) is 4.40. The van der Waals surface area contributed by atoms with Gasteiger partial charge in [-0.15, -0.1) is 0 Å². The maximum atomic E-state index is 13.2. The third-order valence-electron chi connectivity index (χ3n) is 4.94. The molecule has 2 aromatic carbocycles. The lowest BCUT2D eigenvalue weighted by molar-refractivity contribution is 0.406. The van der Waals surface area contributed by atoms with Crippen LogP contribution in [0.1, 0.15) is 41.9 Å². The summed E-state index contributed by atoms with van der Waals surface area (Å²) in [6, 6.07) is 12.0. The first-order valence-electron chi connectivity index (χ1n) is 8.71. The Morgan fingerprint density at radius 1 is 1.04 bits per heavy atom. The molecule has 2 aromatic rings. The van der Waals surface area contributed by atoms with Gasteiger partial charge in [-0.2, -0.15) is 4.31 Å². The van der Waals surface area contributed by atoms with Crippen molar-refractivity contribution in [1.82, 2.24) is 4.31 Å². The lowest BCUT2D eigenvalue weighted by Crippen LogP contribution is -2.34. The molecule has 3 nitrogen and oxygen atoms in total. The van der Waals surface area contributed by atoms with Crippen molar-refractivity contribution in [1.29, 1.82) is 0 Å². The summed E-state index contributed by atoms with van der Waals surface area (Å²) in [4.78, 5) is 0.396. The van der Waals surface area contributed by atoms with Crippen LogP contribution in [0.25, 0.3) is 0 Å². The molecule has 0 aromatic heterocycles. The molecule has 1 heterocycles. The van der Waals surface area contributed by atoms with Gasteiger partial charge in [0, 0.05) is 13.1 Å². The van der Waals surface area contributed by atoms with Crippen LogP contribution in [0.5, 0.6) is 0 Å². The Morgan fingerprint density at radius 2 is 1.76 bits per heavy atom. The molecule has 0 spiro atoms. The lowest BCUT2D eigenvalue weighted by atomic mass is 9.95. The SMILES string of the molecule is Cc1ccc(C)c(S(=O)(=O)N2CCCCC(c3ccc(F)cc3)C2)c1. The monoisotopic (exact) mass is 361 g/mol. The summed E-state index contributed by atoms with van der Waals surface area (Å²) in [5.41, 5.74) is 2.71. The Hall–Kier alpha value is -1.72. The van der Waals surface area contributed by atoms with Gasteiger partial charge in [0.25, 0.3) is 0 Å². The fourth-order valence-corrected chi connectivity index (χ4v) is 5.29. The molecule has 1 aliphatic rings. The number of rotatable bonds is 3. The number of aryl methyl sites for hydroxylation is 2. The van der Waals surface area contributed by atoms with Crippen molar-refractivity contribution in [2.24, 2.45) is 0 Å². The maximum absolute atomic E-state index is 13.2. The van der Waals surface area contributed by atoms with E-state index in [1.165, 1.54) is 12.1 Å². The minimum Gasteiger partial charge on any atom is -0.207 e. The van der Waals surface area contributed by atoms with E-state index in [2.05, 4.69) is 0 Å². The van der Waals surface area contributed by atoms with Crippen LogP contribution in [-0.4, -0.2) is 25.8 Å². The van der Waals surface area contributed by atoms with E-state index < -0.39 is 10.0 Å². The van der Waals surface area contributed by atoms with E-state index in [0.717, 1.165) is 36.0 Å². The van der Waals surface area contributed by atoms with Crippen molar-refractivity contribution in [2.45, 2.75) is 43.9 Å². The van der Waals surface area contributed by atoms with Gasteiger partial charge in [-0.1, -0.05) is 30.7 Å². The molecule has 0 N–H and O–H groups in total. The molecule has 1 saturated heterocycles. The van der Waals surface area contributed by atoms with Crippen molar-refractivity contribution in [2.75, 3.05) is 13.1 Å². The molecule has 0 bridgehead atoms. The molecular weight excluding hydrogens is 337 g/mol. The molecule has 0 radical (unpaired) electrons. The van der Waals surface area contributed by atoms with E-state index in [0.29, 0.717) is 18.0 Å². The van der Waals surface area contributed by atoms with Crippen LogP contribution in [0, 0.1) is 19.7 Å². The Bertz CT molecular complexity index is 846. The molecular formula is C20H24FNO2S. The van der Waals surface area contributed by atoms with E-state index in [9.17, 15) is 12.8 Å². The summed E-state index contributed by atoms with van der Waals surface area (Å²) in [6.07, 6.45) is 2.74. The van der Waals surface area contributed by atoms with Crippen LogP contribution in [-0.2, 0) is 10.0 Å². The third-order valence-corrected chi connectivity index (χ3v) is 6.94. The topological polar surface area (TPSA) is 37.4 Å². The number of hydrogen-bond donors (Lipinski definition) is 0. The Kier molecular flexibility index (Phi) is 5.25. The van der Waals surface area contributed by atoms with Gasteiger partial charge in [0.05, 0.1) is 4.90 Å². The fourth-order valence-electron chi connectivity index (χ4n) is 3.46. The molecule has 134 valence electrons. The molecule has 1 aliphatic heterocycles. The molecule has 5 heteroatoms. The highest BCUT2D eigenvalue weighted by Gasteiger charge is 2.30. The number of nitrogens with zero attached hydrogens (tertiary/aromatic N) is 1. The van der Waals surface area contributed by atoms with E-state index in [4.69, 9.17) is 0 Å². The van der Waals surface area contributed by atoms with Crippen LogP contribution >= 0.6 is 0 Å². The zero-order valence-electron chi connectivity index (χ0n) is 14.7. The summed E-state index contributed by atoms with van der Waals surface area (Å²) in [6.45, 7) is 4.72. The van der Waals surface area contributed by atoms with Crippen LogP contribution < -0.4 is 0 Å². The quantitative estimate of drug-likeness (QED) is 0.812. The summed E-state index contributed by atoms with van der Waals surface area (Å²) in [5, 5.41) is 0. The molecule has 1 atom stereocenters. The van der Waals surface area contributed by atoms with Crippen molar-refractivity contribution in [3.8, 4) is 0 Å². The van der Waals surface area contributed by atoms with Crippen molar-refractivity contribution in [3.05, 3.63) is 65.0 Å². The number of hydrogen-bond acceptors (Lipinski definition) is 2. The van der Waals surface area contributed by atoms with Crippen LogP contribution in [0.15, 0.2) is 47.4 Å². The summed E-state index contributed by atoms with van der Waals surface area (Å²) < 4.78 is 41.2. The van der Waals surface area contributed by atoms with Gasteiger partial charge in [-0.3, -0.25) is 0 Å². The first-order chi connectivity index (χ1) is 11.9. The molecule has 0 aliphatic carbocycles. The Morgan fingerprint density at radius 3 is 2.48 bits per heavy atom. The summed E-state index contributed by atoms with van der Waals surface area (Å²) in [7, 11) is -3.53. The average molecular weight is 361 g/mol.